The first kappa shape index (κ1) is 23.5. The highest BCUT2D eigenvalue weighted by molar-refractivity contribution is 8.19. The predicted octanol–water partition coefficient (Wildman–Crippen LogP) is 6.15. The number of nitrogens with one attached hydrogen (secondary N) is 1. The number of nitrogens with zero attached hydrogens (tertiary/aromatic N) is 2. The topological polar surface area (TPSA) is 85.2 Å². The van der Waals surface area contributed by atoms with E-state index in [4.69, 9.17) is 26.5 Å². The number of halogens is 1. The zero-order valence-electron chi connectivity index (χ0n) is 18.1. The lowest BCUT2D eigenvalue weighted by Gasteiger charge is -2.13. The number of ketones is 1. The van der Waals surface area contributed by atoms with Gasteiger partial charge in [-0.1, -0.05) is 48.5 Å². The smallest absolute Gasteiger partial charge is 0.186 e. The maximum Gasteiger partial charge on any atom is 0.186 e. The van der Waals surface area contributed by atoms with E-state index in [1.807, 2.05) is 56.3 Å². The highest BCUT2D eigenvalue weighted by Gasteiger charge is 2.39. The van der Waals surface area contributed by atoms with Crippen LogP contribution in [0.5, 0.6) is 11.5 Å². The molecule has 33 heavy (non-hydrogen) atoms. The summed E-state index contributed by atoms with van der Waals surface area (Å²) < 4.78 is 11.7. The van der Waals surface area contributed by atoms with Gasteiger partial charge in [-0.05, 0) is 54.8 Å². The Morgan fingerprint density at radius 3 is 2.58 bits per heavy atom. The normalized spacial score (nSPS) is 17.1. The monoisotopic (exact) mass is 499 g/mol. The number of ether oxygens (including phenoxy) is 2. The molecule has 3 aromatic rings. The molecule has 0 unspecified atom stereocenters. The predicted molar refractivity (Wildman–Crippen MR) is 134 cm³/mol. The molecule has 1 aromatic heterocycles. The zero-order valence-corrected chi connectivity index (χ0v) is 20.5. The van der Waals surface area contributed by atoms with Crippen LogP contribution in [0.4, 0.5) is 0 Å². The molecule has 4 rings (SSSR count). The van der Waals surface area contributed by atoms with Gasteiger partial charge in [0.1, 0.15) is 22.5 Å². The second-order valence-corrected chi connectivity index (χ2v) is 9.83. The number of thioether (sulfide) groups is 1. The van der Waals surface area contributed by atoms with E-state index in [1.54, 1.807) is 6.08 Å². The second kappa shape index (κ2) is 10.5. The van der Waals surface area contributed by atoms with Crippen molar-refractivity contribution in [1.29, 1.82) is 5.41 Å². The Labute approximate surface area is 205 Å². The van der Waals surface area contributed by atoms with Crippen LogP contribution in [-0.2, 0) is 17.8 Å². The first-order valence-corrected chi connectivity index (χ1v) is 12.5. The van der Waals surface area contributed by atoms with Crippen LogP contribution in [0.25, 0.3) is 6.08 Å². The molecule has 1 N–H and O–H groups in total. The van der Waals surface area contributed by atoms with E-state index < -0.39 is 5.92 Å². The van der Waals surface area contributed by atoms with Gasteiger partial charge in [-0.2, -0.15) is 0 Å². The maximum absolute atomic E-state index is 13.0. The van der Waals surface area contributed by atoms with Gasteiger partial charge in [0.2, 0.25) is 0 Å². The van der Waals surface area contributed by atoms with Crippen LogP contribution in [0.1, 0.15) is 40.9 Å². The van der Waals surface area contributed by atoms with Gasteiger partial charge in [-0.15, -0.1) is 21.5 Å². The summed E-state index contributed by atoms with van der Waals surface area (Å²) in [6.07, 6.45) is 2.54. The molecule has 2 aromatic carbocycles. The van der Waals surface area contributed by atoms with E-state index in [1.165, 1.54) is 23.1 Å². The van der Waals surface area contributed by atoms with Crippen LogP contribution in [0.2, 0.25) is 5.02 Å². The molecule has 1 aliphatic heterocycles. The molecular weight excluding hydrogens is 478 g/mol. The third-order valence-corrected chi connectivity index (χ3v) is 7.27. The zero-order chi connectivity index (χ0) is 23.4. The average Bonchev–Trinajstić information content (AvgIpc) is 3.38. The van der Waals surface area contributed by atoms with Crippen LogP contribution in [-0.4, -0.2) is 27.6 Å². The van der Waals surface area contributed by atoms with Crippen molar-refractivity contribution in [3.05, 3.63) is 73.5 Å². The van der Waals surface area contributed by atoms with Crippen molar-refractivity contribution >= 4 is 51.6 Å². The molecule has 0 amide bonds. The lowest BCUT2D eigenvalue weighted by molar-refractivity contribution is -0.114. The third-order valence-electron chi connectivity index (χ3n) is 4.89. The van der Waals surface area contributed by atoms with E-state index in [0.717, 1.165) is 22.6 Å². The Morgan fingerprint density at radius 1 is 1.09 bits per heavy atom. The lowest BCUT2D eigenvalue weighted by atomic mass is 10.1. The average molecular weight is 500 g/mol. The number of hydrogen-bond acceptors (Lipinski definition) is 8. The molecule has 0 spiro atoms. The quantitative estimate of drug-likeness (QED) is 0.374. The first-order chi connectivity index (χ1) is 16.0. The van der Waals surface area contributed by atoms with Gasteiger partial charge in [0, 0.05) is 5.02 Å². The van der Waals surface area contributed by atoms with Gasteiger partial charge in [-0.3, -0.25) is 10.2 Å². The number of carbonyl (C=O) groups is 1. The minimum atomic E-state index is -0.660. The largest absolute Gasteiger partial charge is 0.490 e. The summed E-state index contributed by atoms with van der Waals surface area (Å²) >= 11 is 8.51. The molecule has 1 saturated heterocycles. The third kappa shape index (κ3) is 5.46. The summed E-state index contributed by atoms with van der Waals surface area (Å²) in [5, 5.41) is 18.9. The maximum atomic E-state index is 13.0. The summed E-state index contributed by atoms with van der Waals surface area (Å²) in [7, 11) is 0. The van der Waals surface area contributed by atoms with Gasteiger partial charge >= 0.3 is 0 Å². The second-order valence-electron chi connectivity index (χ2n) is 7.21. The van der Waals surface area contributed by atoms with Crippen molar-refractivity contribution in [1.82, 2.24) is 10.2 Å². The van der Waals surface area contributed by atoms with E-state index in [9.17, 15) is 4.79 Å². The molecule has 6 nitrogen and oxygen atoms in total. The molecular formula is C24H22ClN3O3S2. The molecule has 0 aliphatic carbocycles. The number of allylic oxidation sites excluding steroid dienone is 1. The Kier molecular flexibility index (Phi) is 7.47. The summed E-state index contributed by atoms with van der Waals surface area (Å²) in [5.74, 6) is 0.433. The SMILES string of the molecule is CCOc1cc(/C=C2\SC(=N)[C@H](c3nnc(CC)s3)C2=O)ccc1OCc1ccc(Cl)cc1. The van der Waals surface area contributed by atoms with Crippen LogP contribution in [0.3, 0.4) is 0 Å². The van der Waals surface area contributed by atoms with E-state index in [-0.39, 0.29) is 10.8 Å². The van der Waals surface area contributed by atoms with Crippen LogP contribution in [0.15, 0.2) is 47.4 Å². The van der Waals surface area contributed by atoms with Crippen LogP contribution in [0, 0.1) is 5.41 Å². The molecule has 0 saturated carbocycles. The lowest BCUT2D eigenvalue weighted by Crippen LogP contribution is -2.11. The molecule has 1 atom stereocenters. The van der Waals surface area contributed by atoms with Gasteiger partial charge in [0.25, 0.3) is 0 Å². The van der Waals surface area contributed by atoms with Gasteiger partial charge < -0.3 is 9.47 Å². The van der Waals surface area contributed by atoms with Crippen LogP contribution < -0.4 is 9.47 Å². The summed E-state index contributed by atoms with van der Waals surface area (Å²) in [6, 6.07) is 13.0. The number of carbonyl (C=O) groups excluding carboxylic acids is 1. The Morgan fingerprint density at radius 2 is 1.88 bits per heavy atom. The minimum Gasteiger partial charge on any atom is -0.490 e. The van der Waals surface area contributed by atoms with E-state index in [2.05, 4.69) is 10.2 Å². The molecule has 170 valence electrons. The number of hydrogen-bond donors (Lipinski definition) is 1. The molecule has 2 heterocycles. The standard InChI is InChI=1S/C24H22ClN3O3S2/c1-3-20-27-28-24(33-20)21-22(29)19(32-23(21)26)12-15-7-10-17(18(11-15)30-4-2)31-13-14-5-8-16(25)9-6-14/h5-12,21,26H,3-4,13H2,1-2H3/b19-12-,26-23?/t21-/m1/s1. The summed E-state index contributed by atoms with van der Waals surface area (Å²) in [5.41, 5.74) is 1.79. The highest BCUT2D eigenvalue weighted by Crippen LogP contribution is 2.42. The number of rotatable bonds is 8. The van der Waals surface area contributed by atoms with E-state index in [0.29, 0.717) is 39.6 Å². The molecule has 0 bridgehead atoms. The Hall–Kier alpha value is -2.68. The van der Waals surface area contributed by atoms with Crippen molar-refractivity contribution in [3.8, 4) is 11.5 Å². The van der Waals surface area contributed by atoms with Gasteiger partial charge in [0.15, 0.2) is 17.3 Å². The minimum absolute atomic E-state index is 0.121. The number of benzene rings is 2. The molecule has 0 radical (unpaired) electrons. The fraction of sp³-hybridized carbons (Fsp3) is 0.250. The van der Waals surface area contributed by atoms with E-state index >= 15 is 0 Å². The Balaban J connectivity index is 1.53. The van der Waals surface area contributed by atoms with Crippen molar-refractivity contribution in [2.75, 3.05) is 6.61 Å². The molecule has 1 aliphatic rings. The van der Waals surface area contributed by atoms with Crippen LogP contribution >= 0.6 is 34.7 Å². The number of aromatic nitrogens is 2. The summed E-state index contributed by atoms with van der Waals surface area (Å²) in [6.45, 7) is 4.76. The number of aryl methyl sites for hydroxylation is 1. The highest BCUT2D eigenvalue weighted by atomic mass is 35.5. The van der Waals surface area contributed by atoms with Gasteiger partial charge in [-0.25, -0.2) is 0 Å². The fourth-order valence-electron chi connectivity index (χ4n) is 3.24. The Bertz CT molecular complexity index is 1210. The molecule has 1 fully saturated rings. The summed E-state index contributed by atoms with van der Waals surface area (Å²) in [4.78, 5) is 13.5. The van der Waals surface area contributed by atoms with Gasteiger partial charge in [0.05, 0.1) is 16.6 Å². The van der Waals surface area contributed by atoms with Crippen molar-refractivity contribution in [2.45, 2.75) is 32.8 Å². The first-order valence-electron chi connectivity index (χ1n) is 10.5. The fourth-order valence-corrected chi connectivity index (χ4v) is 5.31. The molecule has 9 heteroatoms. The van der Waals surface area contributed by atoms with Crippen molar-refractivity contribution in [3.63, 3.8) is 0 Å². The number of Topliss-reactive ketones (excluding diaryl/α,β-unsaturated/α-hetero) is 1. The van der Waals surface area contributed by atoms with Crippen molar-refractivity contribution < 1.29 is 14.3 Å². The van der Waals surface area contributed by atoms with Crippen molar-refractivity contribution in [2.24, 2.45) is 0 Å².